The van der Waals surface area contributed by atoms with E-state index < -0.39 is 6.03 Å². The van der Waals surface area contributed by atoms with E-state index in [0.717, 1.165) is 39.0 Å². The Hall–Kier alpha value is -1.96. The number of hydrazine groups is 2. The van der Waals surface area contributed by atoms with Gasteiger partial charge in [0.15, 0.2) is 0 Å². The number of nitrogens with one attached hydrogen (secondary N) is 1. The number of amides is 2. The van der Waals surface area contributed by atoms with Gasteiger partial charge < -0.3 is 0 Å². The van der Waals surface area contributed by atoms with Crippen LogP contribution in [0.25, 0.3) is 0 Å². The molecule has 5 N–H and O–H groups in total. The lowest BCUT2D eigenvalue weighted by Gasteiger charge is -2.21. The normalized spacial score (nSPS) is 10.4. The number of urea groups is 1. The van der Waals surface area contributed by atoms with Crippen molar-refractivity contribution in [2.75, 3.05) is 5.01 Å². The summed E-state index contributed by atoms with van der Waals surface area (Å²) >= 11 is 3.41. The van der Waals surface area contributed by atoms with E-state index in [1.54, 1.807) is 12.3 Å². The van der Waals surface area contributed by atoms with Gasteiger partial charge in [-0.2, -0.15) is 0 Å². The summed E-state index contributed by atoms with van der Waals surface area (Å²) in [5.74, 6) is 11.0. The second kappa shape index (κ2) is 7.35. The molecule has 2 rings (SSSR count). The zero-order valence-corrected chi connectivity index (χ0v) is 13.8. The highest BCUT2D eigenvalue weighted by Crippen LogP contribution is 2.24. The molecule has 0 atom stereocenters. The topological polar surface area (TPSA) is 97.3 Å². The smallest absolute Gasteiger partial charge is 0.274 e. The molecule has 116 valence electrons. The average molecular weight is 364 g/mol. The predicted octanol–water partition coefficient (Wildman–Crippen LogP) is 2.20. The van der Waals surface area contributed by atoms with Crippen molar-refractivity contribution in [1.82, 2.24) is 10.4 Å². The minimum absolute atomic E-state index is 0.559. The van der Waals surface area contributed by atoms with Crippen molar-refractivity contribution in [3.63, 3.8) is 0 Å². The molecule has 0 aliphatic rings. The number of hydrogen-bond donors (Lipinski definition) is 3. The van der Waals surface area contributed by atoms with E-state index in [1.165, 1.54) is 0 Å². The third-order valence-corrected chi connectivity index (χ3v) is 3.85. The molecule has 7 heteroatoms. The van der Waals surface area contributed by atoms with E-state index >= 15 is 0 Å². The number of aromatic nitrogens is 1. The fourth-order valence-corrected chi connectivity index (χ4v) is 2.69. The summed E-state index contributed by atoms with van der Waals surface area (Å²) in [6.45, 7) is 1.99. The molecule has 0 aliphatic carbocycles. The molecule has 1 heterocycles. The summed E-state index contributed by atoms with van der Waals surface area (Å²) in [6, 6.07) is 7.12. The molecular formula is C15H18BrN5O. The van der Waals surface area contributed by atoms with Crippen LogP contribution < -0.4 is 22.1 Å². The number of hydrogen-bond acceptors (Lipinski definition) is 4. The molecule has 1 aromatic heterocycles. The maximum Gasteiger partial charge on any atom is 0.350 e. The lowest BCUT2D eigenvalue weighted by molar-refractivity contribution is 0.246. The van der Waals surface area contributed by atoms with Crippen LogP contribution in [0.15, 0.2) is 41.1 Å². The van der Waals surface area contributed by atoms with Gasteiger partial charge in [0.1, 0.15) is 0 Å². The van der Waals surface area contributed by atoms with E-state index in [1.807, 2.05) is 36.7 Å². The SMILES string of the molecule is Cc1cccc(N(N)C(=O)NN)c1CCc1cncc(Br)c1. The predicted molar refractivity (Wildman–Crippen MR) is 89.9 cm³/mol. The third kappa shape index (κ3) is 3.82. The van der Waals surface area contributed by atoms with Crippen LogP contribution in [0.1, 0.15) is 16.7 Å². The Bertz CT molecular complexity index is 677. The minimum atomic E-state index is -0.559. The molecule has 2 aromatic rings. The maximum atomic E-state index is 11.6. The van der Waals surface area contributed by atoms with Crippen molar-refractivity contribution in [2.24, 2.45) is 11.7 Å². The Morgan fingerprint density at radius 2 is 2.14 bits per heavy atom. The Morgan fingerprint density at radius 3 is 2.82 bits per heavy atom. The van der Waals surface area contributed by atoms with Crippen LogP contribution in [0.5, 0.6) is 0 Å². The number of aryl methyl sites for hydroxylation is 2. The molecule has 22 heavy (non-hydrogen) atoms. The van der Waals surface area contributed by atoms with Crippen LogP contribution in [-0.4, -0.2) is 11.0 Å². The summed E-state index contributed by atoms with van der Waals surface area (Å²) in [6.07, 6.45) is 5.11. The van der Waals surface area contributed by atoms with Crippen molar-refractivity contribution in [3.8, 4) is 0 Å². The number of halogens is 1. The molecule has 1 aromatic carbocycles. The summed E-state index contributed by atoms with van der Waals surface area (Å²) < 4.78 is 0.943. The molecule has 0 unspecified atom stereocenters. The largest absolute Gasteiger partial charge is 0.350 e. The molecule has 0 saturated carbocycles. The highest BCUT2D eigenvalue weighted by Gasteiger charge is 2.15. The van der Waals surface area contributed by atoms with Gasteiger partial charge in [0.25, 0.3) is 0 Å². The summed E-state index contributed by atoms with van der Waals surface area (Å²) in [7, 11) is 0. The van der Waals surface area contributed by atoms with E-state index in [2.05, 4.69) is 20.9 Å². The average Bonchev–Trinajstić information content (AvgIpc) is 2.52. The van der Waals surface area contributed by atoms with Crippen molar-refractivity contribution >= 4 is 27.6 Å². The zero-order valence-electron chi connectivity index (χ0n) is 12.2. The standard InChI is InChI=1S/C15H18BrN5O/c1-10-3-2-4-14(21(18)15(22)20-17)13(10)6-5-11-7-12(16)9-19-8-11/h2-4,7-9H,5-6,17-18H2,1H3,(H,20,22). The van der Waals surface area contributed by atoms with Gasteiger partial charge in [-0.15, -0.1) is 0 Å². The van der Waals surface area contributed by atoms with Gasteiger partial charge >= 0.3 is 6.03 Å². The lowest BCUT2D eigenvalue weighted by Crippen LogP contribution is -2.48. The van der Waals surface area contributed by atoms with Crippen LogP contribution >= 0.6 is 15.9 Å². The van der Waals surface area contributed by atoms with Crippen LogP contribution in [0.4, 0.5) is 10.5 Å². The Morgan fingerprint density at radius 1 is 1.36 bits per heavy atom. The number of nitrogens with two attached hydrogens (primary N) is 2. The Kier molecular flexibility index (Phi) is 5.48. The number of pyridine rings is 1. The molecule has 0 aliphatic heterocycles. The zero-order chi connectivity index (χ0) is 16.1. The van der Waals surface area contributed by atoms with E-state index in [0.29, 0.717) is 5.69 Å². The van der Waals surface area contributed by atoms with Gasteiger partial charge in [-0.1, -0.05) is 12.1 Å². The van der Waals surface area contributed by atoms with Gasteiger partial charge in [-0.05, 0) is 64.5 Å². The second-order valence-corrected chi connectivity index (χ2v) is 5.82. The molecule has 6 nitrogen and oxygen atoms in total. The first-order chi connectivity index (χ1) is 10.5. The molecule has 0 bridgehead atoms. The quantitative estimate of drug-likeness (QED) is 0.440. The summed E-state index contributed by atoms with van der Waals surface area (Å²) in [5, 5.41) is 1.03. The first-order valence-corrected chi connectivity index (χ1v) is 7.55. The van der Waals surface area contributed by atoms with E-state index in [9.17, 15) is 4.79 Å². The van der Waals surface area contributed by atoms with Crippen molar-refractivity contribution in [2.45, 2.75) is 19.8 Å². The Balaban J connectivity index is 2.24. The lowest BCUT2D eigenvalue weighted by atomic mass is 9.99. The van der Waals surface area contributed by atoms with Gasteiger partial charge in [-0.3, -0.25) is 10.4 Å². The van der Waals surface area contributed by atoms with Gasteiger partial charge in [0.05, 0.1) is 5.69 Å². The van der Waals surface area contributed by atoms with Crippen LogP contribution in [-0.2, 0) is 12.8 Å². The van der Waals surface area contributed by atoms with Gasteiger partial charge in [0, 0.05) is 16.9 Å². The number of nitrogens with zero attached hydrogens (tertiary/aromatic N) is 2. The summed E-state index contributed by atoms with van der Waals surface area (Å²) in [4.78, 5) is 15.8. The molecule has 0 saturated heterocycles. The number of benzene rings is 1. The number of rotatable bonds is 4. The van der Waals surface area contributed by atoms with Crippen molar-refractivity contribution in [3.05, 3.63) is 57.8 Å². The van der Waals surface area contributed by atoms with Crippen molar-refractivity contribution < 1.29 is 4.79 Å². The third-order valence-electron chi connectivity index (χ3n) is 3.41. The van der Waals surface area contributed by atoms with Crippen LogP contribution in [0.3, 0.4) is 0 Å². The first-order valence-electron chi connectivity index (χ1n) is 6.76. The highest BCUT2D eigenvalue weighted by atomic mass is 79.9. The van der Waals surface area contributed by atoms with Gasteiger partial charge in [0.2, 0.25) is 0 Å². The number of anilines is 1. The molecule has 0 spiro atoms. The van der Waals surface area contributed by atoms with Crippen LogP contribution in [0, 0.1) is 6.92 Å². The summed E-state index contributed by atoms with van der Waals surface area (Å²) in [5.41, 5.74) is 5.87. The number of carbonyl (C=O) groups excluding carboxylic acids is 1. The minimum Gasteiger partial charge on any atom is -0.274 e. The molecule has 2 amide bonds. The highest BCUT2D eigenvalue weighted by molar-refractivity contribution is 9.10. The van der Waals surface area contributed by atoms with Crippen LogP contribution in [0.2, 0.25) is 0 Å². The first kappa shape index (κ1) is 16.4. The van der Waals surface area contributed by atoms with E-state index in [4.69, 9.17) is 11.7 Å². The molecule has 0 radical (unpaired) electrons. The molecular weight excluding hydrogens is 346 g/mol. The van der Waals surface area contributed by atoms with Crippen molar-refractivity contribution in [1.29, 1.82) is 0 Å². The fourth-order valence-electron chi connectivity index (χ4n) is 2.28. The second-order valence-electron chi connectivity index (χ2n) is 4.90. The maximum absolute atomic E-state index is 11.6. The van der Waals surface area contributed by atoms with Gasteiger partial charge in [-0.25, -0.2) is 21.5 Å². The number of carbonyl (C=O) groups is 1. The Labute approximate surface area is 137 Å². The fraction of sp³-hybridized carbons (Fsp3) is 0.200. The monoisotopic (exact) mass is 363 g/mol. The van der Waals surface area contributed by atoms with E-state index in [-0.39, 0.29) is 0 Å². The molecule has 0 fully saturated rings.